The summed E-state index contributed by atoms with van der Waals surface area (Å²) < 4.78 is 0.912. The highest BCUT2D eigenvalue weighted by molar-refractivity contribution is 9.10. The Balaban J connectivity index is 2.05. The number of aryl methyl sites for hydroxylation is 3. The van der Waals surface area contributed by atoms with Gasteiger partial charge in [0.2, 0.25) is 5.91 Å². The standard InChI is InChI=1S/C18H21BrN2O/c1-4-21(17-9-8-16(19)12-20-17)18(22)10-7-15-6-5-13(2)11-14(15)3/h5-6,8-9,11-12H,4,7,10H2,1-3H3. The third-order valence-corrected chi connectivity index (χ3v) is 4.18. The minimum absolute atomic E-state index is 0.109. The number of anilines is 1. The van der Waals surface area contributed by atoms with Crippen LogP contribution in [-0.2, 0) is 11.2 Å². The molecule has 0 aliphatic carbocycles. The van der Waals surface area contributed by atoms with E-state index >= 15 is 0 Å². The summed E-state index contributed by atoms with van der Waals surface area (Å²) in [6, 6.07) is 10.1. The summed E-state index contributed by atoms with van der Waals surface area (Å²) in [5.41, 5.74) is 3.73. The molecule has 0 N–H and O–H groups in total. The molecular weight excluding hydrogens is 340 g/mol. The van der Waals surface area contributed by atoms with E-state index in [1.807, 2.05) is 19.1 Å². The van der Waals surface area contributed by atoms with E-state index < -0.39 is 0 Å². The van der Waals surface area contributed by atoms with Gasteiger partial charge in [0.25, 0.3) is 0 Å². The van der Waals surface area contributed by atoms with Gasteiger partial charge in [-0.25, -0.2) is 4.98 Å². The molecular formula is C18H21BrN2O. The Morgan fingerprint density at radius 1 is 1.23 bits per heavy atom. The summed E-state index contributed by atoms with van der Waals surface area (Å²) in [7, 11) is 0. The van der Waals surface area contributed by atoms with Crippen LogP contribution in [0.15, 0.2) is 41.0 Å². The van der Waals surface area contributed by atoms with Gasteiger partial charge < -0.3 is 0 Å². The molecule has 3 nitrogen and oxygen atoms in total. The molecule has 0 saturated carbocycles. The molecule has 0 spiro atoms. The molecule has 1 amide bonds. The minimum Gasteiger partial charge on any atom is -0.297 e. The summed E-state index contributed by atoms with van der Waals surface area (Å²) in [5.74, 6) is 0.814. The maximum atomic E-state index is 12.5. The van der Waals surface area contributed by atoms with E-state index in [2.05, 4.69) is 53.0 Å². The van der Waals surface area contributed by atoms with E-state index in [0.29, 0.717) is 18.8 Å². The van der Waals surface area contributed by atoms with Gasteiger partial charge in [-0.1, -0.05) is 23.8 Å². The number of carbonyl (C=O) groups excluding carboxylic acids is 1. The van der Waals surface area contributed by atoms with Crippen molar-refractivity contribution in [2.75, 3.05) is 11.4 Å². The van der Waals surface area contributed by atoms with Crippen molar-refractivity contribution in [1.82, 2.24) is 4.98 Å². The second-order valence-corrected chi connectivity index (χ2v) is 6.32. The number of hydrogen-bond acceptors (Lipinski definition) is 2. The zero-order valence-corrected chi connectivity index (χ0v) is 14.9. The van der Waals surface area contributed by atoms with Crippen molar-refractivity contribution in [2.45, 2.75) is 33.6 Å². The molecule has 0 atom stereocenters. The van der Waals surface area contributed by atoms with Crippen LogP contribution in [0.5, 0.6) is 0 Å². The van der Waals surface area contributed by atoms with E-state index in [4.69, 9.17) is 0 Å². The van der Waals surface area contributed by atoms with Crippen LogP contribution < -0.4 is 4.90 Å². The predicted octanol–water partition coefficient (Wildman–Crippen LogP) is 4.45. The topological polar surface area (TPSA) is 33.2 Å². The number of rotatable bonds is 5. The first-order valence-corrected chi connectivity index (χ1v) is 8.28. The third kappa shape index (κ3) is 4.17. The smallest absolute Gasteiger partial charge is 0.228 e. The lowest BCUT2D eigenvalue weighted by atomic mass is 10.0. The number of carbonyl (C=O) groups is 1. The van der Waals surface area contributed by atoms with Crippen molar-refractivity contribution in [3.63, 3.8) is 0 Å². The van der Waals surface area contributed by atoms with Gasteiger partial charge in [0.1, 0.15) is 5.82 Å². The summed E-state index contributed by atoms with van der Waals surface area (Å²) in [6.07, 6.45) is 2.98. The summed E-state index contributed by atoms with van der Waals surface area (Å²) >= 11 is 3.36. The number of halogens is 1. The lowest BCUT2D eigenvalue weighted by Crippen LogP contribution is -2.31. The largest absolute Gasteiger partial charge is 0.297 e. The Morgan fingerprint density at radius 2 is 2.00 bits per heavy atom. The molecule has 22 heavy (non-hydrogen) atoms. The van der Waals surface area contributed by atoms with Crippen molar-refractivity contribution in [1.29, 1.82) is 0 Å². The zero-order valence-electron chi connectivity index (χ0n) is 13.3. The molecule has 0 aliphatic rings. The maximum Gasteiger partial charge on any atom is 0.228 e. The molecule has 1 aromatic heterocycles. The predicted molar refractivity (Wildman–Crippen MR) is 94.2 cm³/mol. The van der Waals surface area contributed by atoms with Crippen molar-refractivity contribution in [3.05, 3.63) is 57.7 Å². The SMILES string of the molecule is CCN(C(=O)CCc1ccc(C)cc1C)c1ccc(Br)cn1. The first kappa shape index (κ1) is 16.7. The fourth-order valence-electron chi connectivity index (χ4n) is 2.50. The number of pyridine rings is 1. The number of hydrogen-bond donors (Lipinski definition) is 0. The molecule has 0 radical (unpaired) electrons. The van der Waals surface area contributed by atoms with E-state index in [0.717, 1.165) is 10.9 Å². The molecule has 1 heterocycles. The van der Waals surface area contributed by atoms with Gasteiger partial charge in [-0.15, -0.1) is 0 Å². The molecule has 2 aromatic rings. The molecule has 1 aromatic carbocycles. The van der Waals surface area contributed by atoms with Gasteiger partial charge in [-0.05, 0) is 66.4 Å². The summed E-state index contributed by atoms with van der Waals surface area (Å²) in [4.78, 5) is 18.5. The first-order valence-electron chi connectivity index (χ1n) is 7.49. The van der Waals surface area contributed by atoms with Crippen LogP contribution in [-0.4, -0.2) is 17.4 Å². The minimum atomic E-state index is 0.109. The highest BCUT2D eigenvalue weighted by Crippen LogP contribution is 2.17. The number of nitrogens with zero attached hydrogens (tertiary/aromatic N) is 2. The fourth-order valence-corrected chi connectivity index (χ4v) is 2.73. The van der Waals surface area contributed by atoms with Crippen LogP contribution in [0.3, 0.4) is 0 Å². The van der Waals surface area contributed by atoms with E-state index in [1.54, 1.807) is 11.1 Å². The number of benzene rings is 1. The average Bonchev–Trinajstić information content (AvgIpc) is 2.49. The molecule has 2 rings (SSSR count). The van der Waals surface area contributed by atoms with Crippen LogP contribution in [0.1, 0.15) is 30.0 Å². The van der Waals surface area contributed by atoms with Crippen molar-refractivity contribution < 1.29 is 4.79 Å². The lowest BCUT2D eigenvalue weighted by molar-refractivity contribution is -0.118. The zero-order chi connectivity index (χ0) is 16.1. The second kappa shape index (κ2) is 7.54. The normalized spacial score (nSPS) is 10.5. The summed E-state index contributed by atoms with van der Waals surface area (Å²) in [6.45, 7) is 6.78. The van der Waals surface area contributed by atoms with Crippen LogP contribution in [0.2, 0.25) is 0 Å². The van der Waals surface area contributed by atoms with E-state index in [9.17, 15) is 4.79 Å². The highest BCUT2D eigenvalue weighted by atomic mass is 79.9. The van der Waals surface area contributed by atoms with Gasteiger partial charge in [-0.2, -0.15) is 0 Å². The maximum absolute atomic E-state index is 12.5. The molecule has 116 valence electrons. The molecule has 0 unspecified atom stereocenters. The molecule has 0 fully saturated rings. The average molecular weight is 361 g/mol. The van der Waals surface area contributed by atoms with Gasteiger partial charge in [0.15, 0.2) is 0 Å². The molecule has 0 saturated heterocycles. The van der Waals surface area contributed by atoms with Crippen LogP contribution in [0.25, 0.3) is 0 Å². The molecule has 0 aliphatic heterocycles. The van der Waals surface area contributed by atoms with Crippen LogP contribution in [0.4, 0.5) is 5.82 Å². The van der Waals surface area contributed by atoms with Gasteiger partial charge >= 0.3 is 0 Å². The highest BCUT2D eigenvalue weighted by Gasteiger charge is 2.15. The van der Waals surface area contributed by atoms with Gasteiger partial charge in [-0.3, -0.25) is 9.69 Å². The quantitative estimate of drug-likeness (QED) is 0.789. The lowest BCUT2D eigenvalue weighted by Gasteiger charge is -2.20. The fraction of sp³-hybridized carbons (Fsp3) is 0.333. The van der Waals surface area contributed by atoms with E-state index in [1.165, 1.54) is 16.7 Å². The second-order valence-electron chi connectivity index (χ2n) is 5.40. The Labute approximate surface area is 140 Å². The van der Waals surface area contributed by atoms with Gasteiger partial charge in [0, 0.05) is 23.6 Å². The number of aromatic nitrogens is 1. The van der Waals surface area contributed by atoms with Crippen molar-refractivity contribution >= 4 is 27.7 Å². The first-order chi connectivity index (χ1) is 10.5. The Hall–Kier alpha value is -1.68. The molecule has 0 bridgehead atoms. The summed E-state index contributed by atoms with van der Waals surface area (Å²) in [5, 5.41) is 0. The van der Waals surface area contributed by atoms with Gasteiger partial charge in [0.05, 0.1) is 0 Å². The van der Waals surface area contributed by atoms with Crippen molar-refractivity contribution in [2.24, 2.45) is 0 Å². The molecule has 4 heteroatoms. The number of amides is 1. The van der Waals surface area contributed by atoms with Crippen molar-refractivity contribution in [3.8, 4) is 0 Å². The van der Waals surface area contributed by atoms with E-state index in [-0.39, 0.29) is 5.91 Å². The van der Waals surface area contributed by atoms with Crippen LogP contribution in [0, 0.1) is 13.8 Å². The Bertz CT molecular complexity index is 653. The third-order valence-electron chi connectivity index (χ3n) is 3.71. The monoisotopic (exact) mass is 360 g/mol. The Kier molecular flexibility index (Phi) is 5.72. The van der Waals surface area contributed by atoms with Crippen LogP contribution >= 0.6 is 15.9 Å². The Morgan fingerprint density at radius 3 is 2.59 bits per heavy atom.